The molecule has 0 aromatic heterocycles. The molecule has 1 N–H and O–H groups in total. The Kier molecular flexibility index (Phi) is 4.93. The van der Waals surface area contributed by atoms with E-state index in [0.29, 0.717) is 18.5 Å². The van der Waals surface area contributed by atoms with Gasteiger partial charge in [0, 0.05) is 23.0 Å². The minimum atomic E-state index is -0.811. The highest BCUT2D eigenvalue weighted by Gasteiger charge is 2.33. The Morgan fingerprint density at radius 1 is 1.33 bits per heavy atom. The van der Waals surface area contributed by atoms with Gasteiger partial charge in [0.1, 0.15) is 0 Å². The maximum absolute atomic E-state index is 12.8. The van der Waals surface area contributed by atoms with Crippen molar-refractivity contribution in [3.05, 3.63) is 29.3 Å². The van der Waals surface area contributed by atoms with E-state index < -0.39 is 11.9 Å². The van der Waals surface area contributed by atoms with Crippen molar-refractivity contribution in [3.8, 4) is 0 Å². The molecule has 1 aromatic rings. The molecule has 5 heteroatoms. The van der Waals surface area contributed by atoms with Crippen LogP contribution in [0.1, 0.15) is 35.7 Å². The number of rotatable bonds is 3. The van der Waals surface area contributed by atoms with Crippen LogP contribution in [0.25, 0.3) is 0 Å². The first kappa shape index (κ1) is 15.9. The summed E-state index contributed by atoms with van der Waals surface area (Å²) in [5.74, 6) is -1.31. The fourth-order valence-electron chi connectivity index (χ4n) is 2.70. The fraction of sp³-hybridized carbons (Fsp3) is 0.500. The minimum Gasteiger partial charge on any atom is -0.481 e. The van der Waals surface area contributed by atoms with Gasteiger partial charge in [-0.25, -0.2) is 0 Å². The highest BCUT2D eigenvalue weighted by molar-refractivity contribution is 7.98. The lowest BCUT2D eigenvalue weighted by Crippen LogP contribution is -2.47. The maximum atomic E-state index is 12.8. The standard InChI is InChI=1S/C16H21NO3S/c1-10-4-7-13(21-3)8-14(10)15(18)17-9-12(16(19)20)6-5-11(17)2/h4,7-8,11-12H,5-6,9H2,1-3H3,(H,19,20). The van der Waals surface area contributed by atoms with Gasteiger partial charge in [-0.3, -0.25) is 9.59 Å². The van der Waals surface area contributed by atoms with Crippen LogP contribution in [-0.4, -0.2) is 40.7 Å². The van der Waals surface area contributed by atoms with E-state index in [0.717, 1.165) is 16.9 Å². The molecule has 1 fully saturated rings. The Bertz CT molecular complexity index is 558. The number of hydrogen-bond acceptors (Lipinski definition) is 3. The molecule has 1 saturated heterocycles. The third-order valence-corrected chi connectivity index (χ3v) is 4.89. The highest BCUT2D eigenvalue weighted by Crippen LogP contribution is 2.26. The Morgan fingerprint density at radius 3 is 2.67 bits per heavy atom. The number of hydrogen-bond donors (Lipinski definition) is 1. The number of carboxylic acids is 1. The maximum Gasteiger partial charge on any atom is 0.308 e. The Hall–Kier alpha value is -1.49. The van der Waals surface area contributed by atoms with Crippen molar-refractivity contribution in [2.45, 2.75) is 37.6 Å². The second-order valence-corrected chi connectivity index (χ2v) is 6.48. The molecule has 0 spiro atoms. The molecule has 1 aliphatic heterocycles. The molecule has 21 heavy (non-hydrogen) atoms. The highest BCUT2D eigenvalue weighted by atomic mass is 32.2. The molecular formula is C16H21NO3S. The summed E-state index contributed by atoms with van der Waals surface area (Å²) >= 11 is 1.60. The van der Waals surface area contributed by atoms with Crippen LogP contribution in [0, 0.1) is 12.8 Å². The monoisotopic (exact) mass is 307 g/mol. The first-order chi connectivity index (χ1) is 9.93. The third-order valence-electron chi connectivity index (χ3n) is 4.17. The van der Waals surface area contributed by atoms with Crippen molar-refractivity contribution in [2.75, 3.05) is 12.8 Å². The van der Waals surface area contributed by atoms with Crippen LogP contribution >= 0.6 is 11.8 Å². The molecule has 1 aliphatic rings. The van der Waals surface area contributed by atoms with Gasteiger partial charge < -0.3 is 10.0 Å². The fourth-order valence-corrected chi connectivity index (χ4v) is 3.14. The van der Waals surface area contributed by atoms with Crippen molar-refractivity contribution < 1.29 is 14.7 Å². The number of carboxylic acid groups (broad SMARTS) is 1. The van der Waals surface area contributed by atoms with Crippen molar-refractivity contribution >= 4 is 23.6 Å². The Morgan fingerprint density at radius 2 is 2.05 bits per heavy atom. The average Bonchev–Trinajstić information content (AvgIpc) is 2.47. The lowest BCUT2D eigenvalue weighted by molar-refractivity contribution is -0.143. The van der Waals surface area contributed by atoms with Gasteiger partial charge in [0.05, 0.1) is 5.92 Å². The topological polar surface area (TPSA) is 57.6 Å². The van der Waals surface area contributed by atoms with Gasteiger partial charge in [0.2, 0.25) is 0 Å². The summed E-state index contributed by atoms with van der Waals surface area (Å²) < 4.78 is 0. The molecule has 114 valence electrons. The number of benzene rings is 1. The predicted molar refractivity (Wildman–Crippen MR) is 83.8 cm³/mol. The molecule has 1 amide bonds. The summed E-state index contributed by atoms with van der Waals surface area (Å²) in [5, 5.41) is 9.19. The van der Waals surface area contributed by atoms with Gasteiger partial charge in [-0.2, -0.15) is 0 Å². The number of aryl methyl sites for hydroxylation is 1. The van der Waals surface area contributed by atoms with Crippen LogP contribution in [0.5, 0.6) is 0 Å². The first-order valence-corrected chi connectivity index (χ1v) is 8.35. The van der Waals surface area contributed by atoms with Crippen LogP contribution in [-0.2, 0) is 4.79 Å². The molecule has 4 nitrogen and oxygen atoms in total. The number of likely N-dealkylation sites (tertiary alicyclic amines) is 1. The summed E-state index contributed by atoms with van der Waals surface area (Å²) in [6, 6.07) is 5.93. The SMILES string of the molecule is CSc1ccc(C)c(C(=O)N2CC(C(=O)O)CCC2C)c1. The first-order valence-electron chi connectivity index (χ1n) is 7.12. The van der Waals surface area contributed by atoms with E-state index in [1.807, 2.05) is 38.3 Å². The predicted octanol–water partition coefficient (Wildman–Crippen LogP) is 3.04. The van der Waals surface area contributed by atoms with E-state index in [1.54, 1.807) is 16.7 Å². The second kappa shape index (κ2) is 6.52. The number of piperidine rings is 1. The molecular weight excluding hydrogens is 286 g/mol. The number of carbonyl (C=O) groups is 2. The number of nitrogens with zero attached hydrogens (tertiary/aromatic N) is 1. The summed E-state index contributed by atoms with van der Waals surface area (Å²) in [6.07, 6.45) is 3.36. The van der Waals surface area contributed by atoms with Crippen LogP contribution in [0.3, 0.4) is 0 Å². The molecule has 0 bridgehead atoms. The van der Waals surface area contributed by atoms with Crippen molar-refractivity contribution in [1.29, 1.82) is 0 Å². The van der Waals surface area contributed by atoms with Gasteiger partial charge in [-0.05, 0) is 50.6 Å². The van der Waals surface area contributed by atoms with Gasteiger partial charge in [0.25, 0.3) is 5.91 Å². The van der Waals surface area contributed by atoms with E-state index in [-0.39, 0.29) is 11.9 Å². The van der Waals surface area contributed by atoms with Crippen LogP contribution in [0.2, 0.25) is 0 Å². The average molecular weight is 307 g/mol. The van der Waals surface area contributed by atoms with E-state index in [4.69, 9.17) is 0 Å². The van der Waals surface area contributed by atoms with Crippen molar-refractivity contribution in [1.82, 2.24) is 4.90 Å². The summed E-state index contributed by atoms with van der Waals surface area (Å²) in [7, 11) is 0. The second-order valence-electron chi connectivity index (χ2n) is 5.60. The molecule has 0 aliphatic carbocycles. The number of aliphatic carboxylic acids is 1. The van der Waals surface area contributed by atoms with Crippen LogP contribution in [0.4, 0.5) is 0 Å². The van der Waals surface area contributed by atoms with Crippen LogP contribution < -0.4 is 0 Å². The van der Waals surface area contributed by atoms with Gasteiger partial charge in [-0.15, -0.1) is 11.8 Å². The molecule has 2 atom stereocenters. The van der Waals surface area contributed by atoms with Gasteiger partial charge in [0.15, 0.2) is 0 Å². The van der Waals surface area contributed by atoms with Crippen molar-refractivity contribution in [2.24, 2.45) is 5.92 Å². The van der Waals surface area contributed by atoms with E-state index in [1.165, 1.54) is 0 Å². The van der Waals surface area contributed by atoms with Gasteiger partial charge >= 0.3 is 5.97 Å². The van der Waals surface area contributed by atoms with Crippen molar-refractivity contribution in [3.63, 3.8) is 0 Å². The zero-order valence-electron chi connectivity index (χ0n) is 12.6. The lowest BCUT2D eigenvalue weighted by Gasteiger charge is -2.36. The Labute approximate surface area is 129 Å². The molecule has 1 aromatic carbocycles. The molecule has 2 rings (SSSR count). The van der Waals surface area contributed by atoms with E-state index in [9.17, 15) is 14.7 Å². The number of amides is 1. The zero-order chi connectivity index (χ0) is 15.6. The Balaban J connectivity index is 2.27. The van der Waals surface area contributed by atoms with E-state index >= 15 is 0 Å². The smallest absolute Gasteiger partial charge is 0.308 e. The number of thioether (sulfide) groups is 1. The molecule has 1 heterocycles. The largest absolute Gasteiger partial charge is 0.481 e. The minimum absolute atomic E-state index is 0.0538. The molecule has 0 saturated carbocycles. The lowest BCUT2D eigenvalue weighted by atomic mass is 9.92. The van der Waals surface area contributed by atoms with Crippen LogP contribution in [0.15, 0.2) is 23.1 Å². The normalized spacial score (nSPS) is 22.1. The third kappa shape index (κ3) is 3.40. The molecule has 0 radical (unpaired) electrons. The summed E-state index contributed by atoms with van der Waals surface area (Å²) in [6.45, 7) is 4.21. The quantitative estimate of drug-likeness (QED) is 0.872. The van der Waals surface area contributed by atoms with Gasteiger partial charge in [-0.1, -0.05) is 6.07 Å². The molecule has 2 unspecified atom stereocenters. The zero-order valence-corrected chi connectivity index (χ0v) is 13.4. The summed E-state index contributed by atoms with van der Waals surface area (Å²) in [5.41, 5.74) is 1.61. The number of carbonyl (C=O) groups excluding carboxylic acids is 1. The summed E-state index contributed by atoms with van der Waals surface area (Å²) in [4.78, 5) is 26.7. The van der Waals surface area contributed by atoms with E-state index in [2.05, 4.69) is 0 Å².